The fraction of sp³-hybridized carbons (Fsp3) is 0.426. The Morgan fingerprint density at radius 3 is 2.50 bits per heavy atom. The van der Waals surface area contributed by atoms with Crippen LogP contribution in [0.5, 0.6) is 5.75 Å². The first-order valence-corrected chi connectivity index (χ1v) is 22.5. The predicted molar refractivity (Wildman–Crippen MR) is 244 cm³/mol. The highest BCUT2D eigenvalue weighted by Crippen LogP contribution is 2.34. The van der Waals surface area contributed by atoms with Gasteiger partial charge in [0.1, 0.15) is 30.1 Å². The van der Waals surface area contributed by atoms with Crippen molar-refractivity contribution in [1.82, 2.24) is 40.6 Å². The lowest BCUT2D eigenvalue weighted by Gasteiger charge is -2.35. The SMILES string of the molecule is COc1cc(C2CCN(CCOCC(=O)N[C@H](C(=O)N3C[C@H](O)C[C@H]3C(=O)NCc3ccc(-c4scnc4C)cc3)C(C)(C)C)CC2)ccc1NC(=O)c1cccc(-c2ccn[nH]2)n1. The number of thiazole rings is 1. The maximum Gasteiger partial charge on any atom is 0.274 e. The van der Waals surface area contributed by atoms with Gasteiger partial charge in [-0.05, 0) is 91.2 Å². The van der Waals surface area contributed by atoms with Crippen LogP contribution in [-0.4, -0.2) is 123 Å². The summed E-state index contributed by atoms with van der Waals surface area (Å²) in [6, 6.07) is 19.0. The van der Waals surface area contributed by atoms with E-state index in [4.69, 9.17) is 9.47 Å². The minimum Gasteiger partial charge on any atom is -0.495 e. The van der Waals surface area contributed by atoms with E-state index in [0.717, 1.165) is 58.9 Å². The van der Waals surface area contributed by atoms with Gasteiger partial charge in [0, 0.05) is 32.3 Å². The molecule has 2 aliphatic heterocycles. The molecule has 2 fully saturated rings. The van der Waals surface area contributed by atoms with Crippen LogP contribution in [0.15, 0.2) is 78.4 Å². The first-order chi connectivity index (χ1) is 30.8. The van der Waals surface area contributed by atoms with Crippen molar-refractivity contribution in [3.8, 4) is 27.6 Å². The second-order valence-electron chi connectivity index (χ2n) is 17.4. The van der Waals surface area contributed by atoms with Gasteiger partial charge in [-0.3, -0.25) is 24.3 Å². The average Bonchev–Trinajstić information content (AvgIpc) is 4.08. The number of aromatic nitrogens is 4. The molecule has 5 N–H and O–H groups in total. The number of methoxy groups -OCH3 is 1. The summed E-state index contributed by atoms with van der Waals surface area (Å²) >= 11 is 1.58. The maximum absolute atomic E-state index is 14.0. The molecule has 0 spiro atoms. The summed E-state index contributed by atoms with van der Waals surface area (Å²) in [6.07, 6.45) is 2.71. The number of H-pyrrole nitrogens is 1. The molecule has 338 valence electrons. The molecule has 0 radical (unpaired) electrons. The molecule has 5 aromatic rings. The number of aliphatic hydroxyl groups excluding tert-OH is 1. The summed E-state index contributed by atoms with van der Waals surface area (Å²) in [5.74, 6) is -0.693. The number of amides is 4. The molecule has 16 nitrogen and oxygen atoms in total. The Morgan fingerprint density at radius 1 is 1.03 bits per heavy atom. The first kappa shape index (κ1) is 46.0. The van der Waals surface area contributed by atoms with Crippen LogP contribution in [0.2, 0.25) is 0 Å². The topological polar surface area (TPSA) is 204 Å². The maximum atomic E-state index is 14.0. The average molecular weight is 892 g/mol. The number of carbonyl (C=O) groups excluding carboxylic acids is 4. The van der Waals surface area contributed by atoms with Gasteiger partial charge < -0.3 is 40.3 Å². The van der Waals surface area contributed by atoms with Crippen molar-refractivity contribution in [1.29, 1.82) is 0 Å². The van der Waals surface area contributed by atoms with E-state index in [0.29, 0.717) is 36.2 Å². The molecule has 4 amide bonds. The fourth-order valence-corrected chi connectivity index (χ4v) is 9.00. The number of nitrogens with one attached hydrogen (secondary N) is 4. The van der Waals surface area contributed by atoms with Gasteiger partial charge >= 0.3 is 0 Å². The van der Waals surface area contributed by atoms with Gasteiger partial charge in [-0.25, -0.2) is 9.97 Å². The number of aryl methyl sites for hydroxylation is 1. The third-order valence-corrected chi connectivity index (χ3v) is 12.8. The molecule has 3 atom stereocenters. The highest BCUT2D eigenvalue weighted by molar-refractivity contribution is 7.13. The van der Waals surface area contributed by atoms with Crippen LogP contribution in [0.4, 0.5) is 5.69 Å². The number of ether oxygens (including phenoxy) is 2. The third kappa shape index (κ3) is 11.4. The number of nitrogens with zero attached hydrogens (tertiary/aromatic N) is 5. The molecule has 64 heavy (non-hydrogen) atoms. The lowest BCUT2D eigenvalue weighted by atomic mass is 9.85. The Bertz CT molecular complexity index is 2390. The second-order valence-corrected chi connectivity index (χ2v) is 18.3. The van der Waals surface area contributed by atoms with Crippen molar-refractivity contribution in [2.75, 3.05) is 51.8 Å². The Balaban J connectivity index is 0.844. The highest BCUT2D eigenvalue weighted by Gasteiger charge is 2.44. The van der Waals surface area contributed by atoms with Gasteiger partial charge in [0.25, 0.3) is 5.91 Å². The number of pyridine rings is 1. The molecule has 17 heteroatoms. The quantitative estimate of drug-likeness (QED) is 0.0818. The van der Waals surface area contributed by atoms with Gasteiger partial charge in [-0.15, -0.1) is 11.3 Å². The van der Waals surface area contributed by atoms with Crippen molar-refractivity contribution < 1.29 is 33.8 Å². The molecule has 2 aromatic carbocycles. The number of hydrogen-bond acceptors (Lipinski definition) is 12. The zero-order chi connectivity index (χ0) is 45.4. The van der Waals surface area contributed by atoms with Gasteiger partial charge in [-0.1, -0.05) is 57.2 Å². The van der Waals surface area contributed by atoms with Crippen LogP contribution in [-0.2, 0) is 25.7 Å². The summed E-state index contributed by atoms with van der Waals surface area (Å²) < 4.78 is 11.5. The zero-order valence-corrected chi connectivity index (χ0v) is 37.7. The van der Waals surface area contributed by atoms with Crippen molar-refractivity contribution >= 4 is 40.7 Å². The molecule has 0 unspecified atom stereocenters. The molecule has 0 aliphatic carbocycles. The van der Waals surface area contributed by atoms with E-state index in [1.807, 2.05) is 81.7 Å². The minimum atomic E-state index is -0.947. The Morgan fingerprint density at radius 2 is 1.81 bits per heavy atom. The van der Waals surface area contributed by atoms with E-state index in [1.165, 1.54) is 4.90 Å². The first-order valence-electron chi connectivity index (χ1n) is 21.6. The summed E-state index contributed by atoms with van der Waals surface area (Å²) in [4.78, 5) is 67.4. The second kappa shape index (κ2) is 20.7. The summed E-state index contributed by atoms with van der Waals surface area (Å²) in [6.45, 7) is 10.2. The Labute approximate surface area is 377 Å². The van der Waals surface area contributed by atoms with Crippen molar-refractivity contribution in [2.45, 2.75) is 77.6 Å². The van der Waals surface area contributed by atoms with Crippen LogP contribution < -0.4 is 20.7 Å². The van der Waals surface area contributed by atoms with Crippen LogP contribution in [0.1, 0.15) is 73.3 Å². The summed E-state index contributed by atoms with van der Waals surface area (Å²) in [5.41, 5.74) is 7.34. The third-order valence-electron chi connectivity index (χ3n) is 11.8. The standard InChI is InChI=1S/C47H57N9O7S/c1-29-42(64-28-49-29)32-11-9-30(10-12-32)25-48-45(60)39-24-34(57)26-56(39)46(61)43(47(2,3)4)53-41(58)27-63-22-21-55-19-16-31(17-20-55)33-13-14-37(40(23-33)62-5)52-44(59)38-8-6-7-35(51-38)36-15-18-50-54-36/h6-15,18,23,28,31,34,39,43,57H,16-17,19-22,24-27H2,1-5H3,(H,48,60)(H,50,54)(H,52,59)(H,53,58)/t34-,39+,43-/m1/s1. The normalized spacial score (nSPS) is 17.5. The van der Waals surface area contributed by atoms with Crippen molar-refractivity contribution in [2.24, 2.45) is 5.41 Å². The van der Waals surface area contributed by atoms with Gasteiger partial charge in [0.05, 0.1) is 53.0 Å². The number of aliphatic hydroxyl groups is 1. The van der Waals surface area contributed by atoms with Crippen LogP contribution >= 0.6 is 11.3 Å². The Hall–Kier alpha value is -6.01. The number of β-amino-alcohol motifs (C(OH)–C–C–N with tert-alkyl or cyclic N) is 1. The van der Waals surface area contributed by atoms with E-state index in [1.54, 1.807) is 42.8 Å². The number of anilines is 1. The molecule has 0 saturated carbocycles. The number of piperidine rings is 1. The number of aromatic amines is 1. The van der Waals surface area contributed by atoms with E-state index in [2.05, 4.69) is 41.0 Å². The zero-order valence-electron chi connectivity index (χ0n) is 36.9. The summed E-state index contributed by atoms with van der Waals surface area (Å²) in [7, 11) is 1.58. The number of benzene rings is 2. The van der Waals surface area contributed by atoms with Crippen LogP contribution in [0.25, 0.3) is 21.8 Å². The number of likely N-dealkylation sites (tertiary alicyclic amines) is 2. The van der Waals surface area contributed by atoms with Crippen LogP contribution in [0, 0.1) is 12.3 Å². The number of carbonyl (C=O) groups is 4. The molecule has 5 heterocycles. The van der Waals surface area contributed by atoms with E-state index >= 15 is 0 Å². The Kier molecular flexibility index (Phi) is 14.8. The van der Waals surface area contributed by atoms with Crippen molar-refractivity contribution in [3.05, 3.63) is 101 Å². The fourth-order valence-electron chi connectivity index (χ4n) is 8.19. The molecule has 3 aromatic heterocycles. The number of rotatable bonds is 16. The molecular formula is C47H57N9O7S. The van der Waals surface area contributed by atoms with Gasteiger partial charge in [0.15, 0.2) is 0 Å². The number of hydrogen-bond donors (Lipinski definition) is 5. The van der Waals surface area contributed by atoms with Gasteiger partial charge in [-0.2, -0.15) is 5.10 Å². The largest absolute Gasteiger partial charge is 0.495 e. The predicted octanol–water partition coefficient (Wildman–Crippen LogP) is 5.17. The lowest BCUT2D eigenvalue weighted by molar-refractivity contribution is -0.144. The highest BCUT2D eigenvalue weighted by atomic mass is 32.1. The van der Waals surface area contributed by atoms with E-state index < -0.39 is 35.4 Å². The molecule has 2 aliphatic rings. The smallest absolute Gasteiger partial charge is 0.274 e. The van der Waals surface area contributed by atoms with Crippen LogP contribution in [0.3, 0.4) is 0 Å². The lowest BCUT2D eigenvalue weighted by Crippen LogP contribution is -2.58. The van der Waals surface area contributed by atoms with Crippen molar-refractivity contribution in [3.63, 3.8) is 0 Å². The van der Waals surface area contributed by atoms with E-state index in [-0.39, 0.29) is 43.6 Å². The monoisotopic (exact) mass is 891 g/mol. The molecule has 0 bridgehead atoms. The summed E-state index contributed by atoms with van der Waals surface area (Å²) in [5, 5.41) is 26.2. The molecule has 7 rings (SSSR count). The minimum absolute atomic E-state index is 0.00581. The molecular weight excluding hydrogens is 835 g/mol. The van der Waals surface area contributed by atoms with E-state index in [9.17, 15) is 24.3 Å². The molecule has 2 saturated heterocycles. The van der Waals surface area contributed by atoms with Gasteiger partial charge in [0.2, 0.25) is 17.7 Å².